The SMILES string of the molecule is C/C(=N\c1c(C)nn(C)c1C)c1cccc(/C(C)=N/c2c(C)nn(C)c2C)n1. The van der Waals surface area contributed by atoms with Gasteiger partial charge in [-0.1, -0.05) is 6.07 Å². The Bertz CT molecular complexity index is 1010. The van der Waals surface area contributed by atoms with E-state index < -0.39 is 0 Å². The summed E-state index contributed by atoms with van der Waals surface area (Å²) in [7, 11) is 3.86. The Hall–Kier alpha value is -3.09. The van der Waals surface area contributed by atoms with E-state index in [-0.39, 0.29) is 0 Å². The molecule has 0 fully saturated rings. The van der Waals surface area contributed by atoms with Crippen LogP contribution in [-0.4, -0.2) is 36.0 Å². The second-order valence-corrected chi connectivity index (χ2v) is 7.09. The van der Waals surface area contributed by atoms with Crippen molar-refractivity contribution < 1.29 is 0 Å². The molecule has 3 heterocycles. The highest BCUT2D eigenvalue weighted by Gasteiger charge is 2.12. The number of pyridine rings is 1. The van der Waals surface area contributed by atoms with Crippen molar-refractivity contribution in [3.63, 3.8) is 0 Å². The summed E-state index contributed by atoms with van der Waals surface area (Å²) < 4.78 is 3.70. The van der Waals surface area contributed by atoms with Crippen LogP contribution in [0, 0.1) is 27.7 Å². The predicted molar refractivity (Wildman–Crippen MR) is 113 cm³/mol. The van der Waals surface area contributed by atoms with Gasteiger partial charge < -0.3 is 0 Å². The van der Waals surface area contributed by atoms with Crippen molar-refractivity contribution in [1.82, 2.24) is 24.5 Å². The highest BCUT2D eigenvalue weighted by molar-refractivity contribution is 6.02. The third-order valence-electron chi connectivity index (χ3n) is 4.99. The van der Waals surface area contributed by atoms with E-state index in [1.54, 1.807) is 0 Å². The zero-order valence-corrected chi connectivity index (χ0v) is 17.9. The molecule has 3 rings (SSSR count). The molecule has 0 saturated heterocycles. The van der Waals surface area contributed by atoms with Gasteiger partial charge in [-0.25, -0.2) is 15.0 Å². The lowest BCUT2D eigenvalue weighted by molar-refractivity contribution is 0.731. The minimum Gasteiger partial charge on any atom is -0.270 e. The molecule has 7 nitrogen and oxygen atoms in total. The number of aliphatic imine (C=N–C) groups is 2. The summed E-state index contributed by atoms with van der Waals surface area (Å²) in [5.41, 5.74) is 9.06. The topological polar surface area (TPSA) is 73.2 Å². The number of hydrogen-bond donors (Lipinski definition) is 0. The summed E-state index contributed by atoms with van der Waals surface area (Å²) in [5, 5.41) is 8.86. The molecular weight excluding hydrogens is 350 g/mol. The maximum atomic E-state index is 4.78. The molecule has 0 aliphatic carbocycles. The van der Waals surface area contributed by atoms with E-state index in [1.165, 1.54) is 0 Å². The van der Waals surface area contributed by atoms with Gasteiger partial charge in [0.25, 0.3) is 0 Å². The fraction of sp³-hybridized carbons (Fsp3) is 0.381. The average Bonchev–Trinajstić information content (AvgIpc) is 3.04. The number of aryl methyl sites for hydroxylation is 4. The van der Waals surface area contributed by atoms with Crippen molar-refractivity contribution >= 4 is 22.8 Å². The predicted octanol–water partition coefficient (Wildman–Crippen LogP) is 4.06. The molecule has 3 aromatic heterocycles. The lowest BCUT2D eigenvalue weighted by Gasteiger charge is -2.05. The number of nitrogens with zero attached hydrogens (tertiary/aromatic N) is 7. The minimum atomic E-state index is 0.828. The van der Waals surface area contributed by atoms with Gasteiger partial charge in [0.2, 0.25) is 0 Å². The van der Waals surface area contributed by atoms with Crippen LogP contribution >= 0.6 is 0 Å². The van der Waals surface area contributed by atoms with Crippen molar-refractivity contribution in [3.8, 4) is 0 Å². The number of aromatic nitrogens is 5. The van der Waals surface area contributed by atoms with E-state index in [1.807, 2.05) is 83.2 Å². The van der Waals surface area contributed by atoms with Crippen LogP contribution in [0.2, 0.25) is 0 Å². The lowest BCUT2D eigenvalue weighted by Crippen LogP contribution is -2.05. The molecule has 0 spiro atoms. The first-order chi connectivity index (χ1) is 13.2. The first-order valence-corrected chi connectivity index (χ1v) is 9.27. The number of rotatable bonds is 4. The highest BCUT2D eigenvalue weighted by Crippen LogP contribution is 2.24. The van der Waals surface area contributed by atoms with Gasteiger partial charge >= 0.3 is 0 Å². The molecule has 0 radical (unpaired) electrons. The molecule has 0 aliphatic heterocycles. The first-order valence-electron chi connectivity index (χ1n) is 9.27. The second-order valence-electron chi connectivity index (χ2n) is 7.09. The summed E-state index contributed by atoms with van der Waals surface area (Å²) in [4.78, 5) is 14.3. The minimum absolute atomic E-state index is 0.828. The highest BCUT2D eigenvalue weighted by atomic mass is 15.3. The summed E-state index contributed by atoms with van der Waals surface area (Å²) in [6.07, 6.45) is 0. The summed E-state index contributed by atoms with van der Waals surface area (Å²) >= 11 is 0. The molecule has 3 aromatic rings. The summed E-state index contributed by atoms with van der Waals surface area (Å²) in [5.74, 6) is 0. The van der Waals surface area contributed by atoms with Gasteiger partial charge in [0.1, 0.15) is 11.4 Å². The Labute approximate surface area is 165 Å². The molecule has 0 N–H and O–H groups in total. The largest absolute Gasteiger partial charge is 0.270 e. The molecule has 28 heavy (non-hydrogen) atoms. The molecule has 0 aromatic carbocycles. The Balaban J connectivity index is 1.98. The van der Waals surface area contributed by atoms with Crippen molar-refractivity contribution in [2.24, 2.45) is 24.1 Å². The van der Waals surface area contributed by atoms with Crippen molar-refractivity contribution in [2.75, 3.05) is 0 Å². The Morgan fingerprint density at radius 1 is 0.750 bits per heavy atom. The van der Waals surface area contributed by atoms with Crippen molar-refractivity contribution in [1.29, 1.82) is 0 Å². The monoisotopic (exact) mass is 377 g/mol. The Morgan fingerprint density at radius 3 is 1.46 bits per heavy atom. The van der Waals surface area contributed by atoms with E-state index in [0.717, 1.165) is 57.0 Å². The fourth-order valence-electron chi connectivity index (χ4n) is 3.14. The van der Waals surface area contributed by atoms with Crippen molar-refractivity contribution in [2.45, 2.75) is 41.5 Å². The van der Waals surface area contributed by atoms with Crippen LogP contribution in [0.1, 0.15) is 48.0 Å². The van der Waals surface area contributed by atoms with Crippen LogP contribution in [0.4, 0.5) is 11.4 Å². The molecule has 146 valence electrons. The van der Waals surface area contributed by atoms with Crippen LogP contribution in [0.15, 0.2) is 28.2 Å². The molecule has 0 aliphatic rings. The molecule has 0 bridgehead atoms. The van der Waals surface area contributed by atoms with E-state index in [2.05, 4.69) is 10.2 Å². The second kappa shape index (κ2) is 7.50. The van der Waals surface area contributed by atoms with Gasteiger partial charge in [0, 0.05) is 14.1 Å². The molecular formula is C21H27N7. The Morgan fingerprint density at radius 2 is 1.14 bits per heavy atom. The fourth-order valence-corrected chi connectivity index (χ4v) is 3.14. The maximum Gasteiger partial charge on any atom is 0.107 e. The molecule has 0 amide bonds. The van der Waals surface area contributed by atoms with Gasteiger partial charge in [-0.15, -0.1) is 0 Å². The van der Waals surface area contributed by atoms with Crippen LogP contribution in [0.5, 0.6) is 0 Å². The van der Waals surface area contributed by atoms with Gasteiger partial charge in [-0.2, -0.15) is 10.2 Å². The molecule has 0 unspecified atom stereocenters. The van der Waals surface area contributed by atoms with E-state index in [0.29, 0.717) is 0 Å². The van der Waals surface area contributed by atoms with E-state index >= 15 is 0 Å². The zero-order valence-electron chi connectivity index (χ0n) is 17.9. The van der Waals surface area contributed by atoms with Gasteiger partial charge in [-0.05, 0) is 53.7 Å². The van der Waals surface area contributed by atoms with Gasteiger partial charge in [0.15, 0.2) is 0 Å². The quantitative estimate of drug-likeness (QED) is 0.644. The smallest absolute Gasteiger partial charge is 0.107 e. The third-order valence-corrected chi connectivity index (χ3v) is 4.99. The van der Waals surface area contributed by atoms with E-state index in [4.69, 9.17) is 15.0 Å². The molecule has 0 atom stereocenters. The maximum absolute atomic E-state index is 4.78. The zero-order chi connectivity index (χ0) is 20.6. The normalized spacial score (nSPS) is 12.7. The average molecular weight is 377 g/mol. The van der Waals surface area contributed by atoms with Crippen LogP contribution < -0.4 is 0 Å². The van der Waals surface area contributed by atoms with Crippen LogP contribution in [0.3, 0.4) is 0 Å². The third kappa shape index (κ3) is 3.65. The molecule has 0 saturated carbocycles. The van der Waals surface area contributed by atoms with Crippen LogP contribution in [-0.2, 0) is 14.1 Å². The van der Waals surface area contributed by atoms with Gasteiger partial charge in [-0.3, -0.25) is 9.36 Å². The first kappa shape index (κ1) is 19.7. The summed E-state index contributed by atoms with van der Waals surface area (Å²) in [6.45, 7) is 11.9. The van der Waals surface area contributed by atoms with Crippen molar-refractivity contribution in [3.05, 3.63) is 52.4 Å². The lowest BCUT2D eigenvalue weighted by atomic mass is 10.2. The number of hydrogen-bond acceptors (Lipinski definition) is 5. The summed E-state index contributed by atoms with van der Waals surface area (Å²) in [6, 6.07) is 5.93. The standard InChI is InChI=1S/C21H27N7/c1-12(22-20-14(3)25-27(7)16(20)5)18-10-9-11-19(24-18)13(2)23-21-15(4)26-28(8)17(21)6/h9-11H,1-8H3/b22-12+,23-13+. The van der Waals surface area contributed by atoms with E-state index in [9.17, 15) is 0 Å². The van der Waals surface area contributed by atoms with Gasteiger partial charge in [0.05, 0.1) is 45.6 Å². The Kier molecular flexibility index (Phi) is 5.27. The van der Waals surface area contributed by atoms with Crippen LogP contribution in [0.25, 0.3) is 0 Å². The molecule has 7 heteroatoms.